The third-order valence-electron chi connectivity index (χ3n) is 3.18. The summed E-state index contributed by atoms with van der Waals surface area (Å²) < 4.78 is 10.7. The Morgan fingerprint density at radius 2 is 1.89 bits per heavy atom. The van der Waals surface area contributed by atoms with Gasteiger partial charge in [-0.05, 0) is 28.8 Å². The minimum atomic E-state index is -0.298. The van der Waals surface area contributed by atoms with Crippen LogP contribution in [-0.4, -0.2) is 25.8 Å². The highest BCUT2D eigenvalue weighted by Crippen LogP contribution is 2.30. The maximum atomic E-state index is 11.3. The first-order valence-corrected chi connectivity index (χ1v) is 6.27. The smallest absolute Gasteiger partial charge is 0.177 e. The zero-order valence-electron chi connectivity index (χ0n) is 10.4. The van der Waals surface area contributed by atoms with Gasteiger partial charge in [0.05, 0.1) is 13.2 Å². The van der Waals surface area contributed by atoms with Gasteiger partial charge < -0.3 is 9.47 Å². The standard InChI is InChI=1S/C16H14O3/c17-11-15-13(6-7-16-18-8-9-19-16)10-12-4-2-1-3-5-14(12)15/h1-7,10-11,16H,8-9H2/b7-6+. The lowest BCUT2D eigenvalue weighted by atomic mass is 10.1. The molecule has 0 radical (unpaired) electrons. The van der Waals surface area contributed by atoms with Crippen molar-refractivity contribution in [2.75, 3.05) is 13.2 Å². The van der Waals surface area contributed by atoms with Gasteiger partial charge in [-0.1, -0.05) is 36.4 Å². The number of ether oxygens (including phenoxy) is 2. The number of carbonyl (C=O) groups excluding carboxylic acids is 1. The van der Waals surface area contributed by atoms with Gasteiger partial charge in [0.15, 0.2) is 12.6 Å². The van der Waals surface area contributed by atoms with Crippen LogP contribution in [0.5, 0.6) is 0 Å². The van der Waals surface area contributed by atoms with Crippen molar-refractivity contribution in [3.63, 3.8) is 0 Å². The molecule has 0 unspecified atom stereocenters. The molecule has 0 aromatic heterocycles. The Morgan fingerprint density at radius 3 is 2.68 bits per heavy atom. The predicted molar refractivity (Wildman–Crippen MR) is 73.2 cm³/mol. The van der Waals surface area contributed by atoms with Crippen LogP contribution in [0.1, 0.15) is 15.9 Å². The number of carbonyl (C=O) groups is 1. The molecule has 19 heavy (non-hydrogen) atoms. The summed E-state index contributed by atoms with van der Waals surface area (Å²) in [5.41, 5.74) is 3.63. The fraction of sp³-hybridized carbons (Fsp3) is 0.188. The van der Waals surface area contributed by atoms with Crippen molar-refractivity contribution in [1.82, 2.24) is 0 Å². The van der Waals surface area contributed by atoms with Crippen LogP contribution in [0.15, 0.2) is 42.5 Å². The molecule has 3 aliphatic rings. The van der Waals surface area contributed by atoms with Crippen molar-refractivity contribution in [3.05, 3.63) is 53.6 Å². The SMILES string of the molecule is O=Cc1c(/C=C/C2OCCO2)cc2cccccc1-2. The number of hydrogen-bond donors (Lipinski definition) is 0. The van der Waals surface area contributed by atoms with Gasteiger partial charge in [0.1, 0.15) is 0 Å². The third kappa shape index (κ3) is 2.43. The second-order valence-corrected chi connectivity index (χ2v) is 4.38. The lowest BCUT2D eigenvalue weighted by Crippen LogP contribution is -2.01. The lowest BCUT2D eigenvalue weighted by Gasteiger charge is -2.00. The minimum Gasteiger partial charge on any atom is -0.347 e. The van der Waals surface area contributed by atoms with E-state index in [-0.39, 0.29) is 6.29 Å². The summed E-state index contributed by atoms with van der Waals surface area (Å²) in [6.07, 6.45) is 4.33. The zero-order valence-corrected chi connectivity index (χ0v) is 10.4. The maximum absolute atomic E-state index is 11.3. The highest BCUT2D eigenvalue weighted by Gasteiger charge is 2.15. The fourth-order valence-corrected chi connectivity index (χ4v) is 2.27. The molecule has 3 nitrogen and oxygen atoms in total. The zero-order chi connectivity index (χ0) is 13.1. The van der Waals surface area contributed by atoms with E-state index in [0.29, 0.717) is 18.8 Å². The first-order chi connectivity index (χ1) is 9.38. The third-order valence-corrected chi connectivity index (χ3v) is 3.18. The Morgan fingerprint density at radius 1 is 1.11 bits per heavy atom. The molecule has 1 fully saturated rings. The highest BCUT2D eigenvalue weighted by atomic mass is 16.7. The molecule has 1 saturated heterocycles. The van der Waals surface area contributed by atoms with Crippen LogP contribution in [0.3, 0.4) is 0 Å². The van der Waals surface area contributed by atoms with Crippen LogP contribution in [-0.2, 0) is 9.47 Å². The van der Waals surface area contributed by atoms with Crippen molar-refractivity contribution < 1.29 is 14.3 Å². The van der Waals surface area contributed by atoms with Crippen LogP contribution in [0, 0.1) is 0 Å². The monoisotopic (exact) mass is 254 g/mol. The van der Waals surface area contributed by atoms with E-state index >= 15 is 0 Å². The Bertz CT molecular complexity index is 583. The topological polar surface area (TPSA) is 35.5 Å². The van der Waals surface area contributed by atoms with E-state index in [1.807, 2.05) is 48.6 Å². The van der Waals surface area contributed by atoms with Crippen molar-refractivity contribution in [2.45, 2.75) is 6.29 Å². The lowest BCUT2D eigenvalue weighted by molar-refractivity contribution is -0.000911. The van der Waals surface area contributed by atoms with Gasteiger partial charge in [-0.2, -0.15) is 0 Å². The Hall–Kier alpha value is -1.97. The van der Waals surface area contributed by atoms with Crippen molar-refractivity contribution in [3.8, 4) is 11.1 Å². The molecular formula is C16H14O3. The van der Waals surface area contributed by atoms with Gasteiger partial charge in [0.25, 0.3) is 0 Å². The second-order valence-electron chi connectivity index (χ2n) is 4.38. The molecule has 0 aromatic rings. The highest BCUT2D eigenvalue weighted by molar-refractivity contribution is 5.95. The van der Waals surface area contributed by atoms with Crippen molar-refractivity contribution in [2.24, 2.45) is 0 Å². The average Bonchev–Trinajstić information content (AvgIpc) is 2.99. The summed E-state index contributed by atoms with van der Waals surface area (Å²) in [4.78, 5) is 11.3. The van der Waals surface area contributed by atoms with E-state index in [1.54, 1.807) is 0 Å². The van der Waals surface area contributed by atoms with E-state index in [2.05, 4.69) is 0 Å². The van der Waals surface area contributed by atoms with Gasteiger partial charge in [0.2, 0.25) is 0 Å². The molecule has 0 spiro atoms. The second kappa shape index (κ2) is 5.34. The molecule has 3 heteroatoms. The van der Waals surface area contributed by atoms with E-state index in [4.69, 9.17) is 9.47 Å². The van der Waals surface area contributed by atoms with Gasteiger partial charge in [-0.3, -0.25) is 4.79 Å². The van der Waals surface area contributed by atoms with Crippen LogP contribution >= 0.6 is 0 Å². The Kier molecular flexibility index (Phi) is 3.40. The number of hydrogen-bond acceptors (Lipinski definition) is 3. The van der Waals surface area contributed by atoms with E-state index in [0.717, 1.165) is 23.0 Å². The van der Waals surface area contributed by atoms with Crippen LogP contribution in [0.4, 0.5) is 0 Å². The summed E-state index contributed by atoms with van der Waals surface area (Å²) in [5, 5.41) is 0. The molecule has 0 bridgehead atoms. The predicted octanol–water partition coefficient (Wildman–Crippen LogP) is 2.99. The van der Waals surface area contributed by atoms with E-state index in [1.165, 1.54) is 0 Å². The van der Waals surface area contributed by atoms with Crippen LogP contribution < -0.4 is 0 Å². The Labute approximate surface area is 111 Å². The molecule has 1 aliphatic heterocycles. The maximum Gasteiger partial charge on any atom is 0.177 e. The first-order valence-electron chi connectivity index (χ1n) is 6.27. The van der Waals surface area contributed by atoms with Crippen molar-refractivity contribution in [1.29, 1.82) is 0 Å². The number of rotatable bonds is 3. The molecule has 96 valence electrons. The van der Waals surface area contributed by atoms with Crippen LogP contribution in [0.25, 0.3) is 17.2 Å². The molecule has 0 atom stereocenters. The van der Waals surface area contributed by atoms with Crippen LogP contribution in [0.2, 0.25) is 0 Å². The van der Waals surface area contributed by atoms with Gasteiger partial charge in [-0.25, -0.2) is 0 Å². The first kappa shape index (κ1) is 12.1. The van der Waals surface area contributed by atoms with E-state index < -0.39 is 0 Å². The molecule has 3 rings (SSSR count). The summed E-state index contributed by atoms with van der Waals surface area (Å²) >= 11 is 0. The summed E-state index contributed by atoms with van der Waals surface area (Å²) in [6, 6.07) is 11.8. The number of aldehydes is 1. The Balaban J connectivity index is 1.98. The average molecular weight is 254 g/mol. The van der Waals surface area contributed by atoms with E-state index in [9.17, 15) is 4.79 Å². The quantitative estimate of drug-likeness (QED) is 0.790. The molecule has 1 heterocycles. The van der Waals surface area contributed by atoms with Gasteiger partial charge in [0, 0.05) is 5.56 Å². The van der Waals surface area contributed by atoms with Crippen molar-refractivity contribution >= 4 is 12.4 Å². The summed E-state index contributed by atoms with van der Waals surface area (Å²) in [5.74, 6) is 0. The van der Waals surface area contributed by atoms with Gasteiger partial charge >= 0.3 is 0 Å². The molecule has 0 amide bonds. The van der Waals surface area contributed by atoms with Gasteiger partial charge in [-0.15, -0.1) is 0 Å². The summed E-state index contributed by atoms with van der Waals surface area (Å²) in [6.45, 7) is 1.24. The molecular weight excluding hydrogens is 240 g/mol. The minimum absolute atomic E-state index is 0.298. The largest absolute Gasteiger partial charge is 0.347 e. The molecule has 0 aromatic carbocycles. The normalized spacial score (nSPS) is 16.4. The summed E-state index contributed by atoms with van der Waals surface area (Å²) in [7, 11) is 0. The molecule has 0 saturated carbocycles. The fourth-order valence-electron chi connectivity index (χ4n) is 2.27. The number of fused-ring (bicyclic) bond motifs is 1. The molecule has 2 aliphatic carbocycles. The molecule has 0 N–H and O–H groups in total.